The van der Waals surface area contributed by atoms with Crippen LogP contribution in [0.5, 0.6) is 0 Å². The van der Waals surface area contributed by atoms with Crippen LogP contribution in [0.2, 0.25) is 0 Å². The van der Waals surface area contributed by atoms with Gasteiger partial charge in [0.2, 0.25) is 0 Å². The lowest BCUT2D eigenvalue weighted by molar-refractivity contribution is -0.165. The number of nitrogens with zero attached hydrogens (tertiary/aromatic N) is 3. The zero-order valence-electron chi connectivity index (χ0n) is 11.2. The van der Waals surface area contributed by atoms with Crippen molar-refractivity contribution in [3.63, 3.8) is 0 Å². The van der Waals surface area contributed by atoms with Crippen LogP contribution in [0.15, 0.2) is 12.7 Å². The highest BCUT2D eigenvalue weighted by molar-refractivity contribution is 5.94. The van der Waals surface area contributed by atoms with Gasteiger partial charge in [-0.3, -0.25) is 9.59 Å². The third kappa shape index (κ3) is 5.07. The molecular formula is C12H19N3O4. The maximum absolute atomic E-state index is 11.8. The fourth-order valence-electron chi connectivity index (χ4n) is 1.45. The molecule has 1 atom stereocenters. The lowest BCUT2D eigenvalue weighted by Gasteiger charge is -2.14. The third-order valence-corrected chi connectivity index (χ3v) is 2.40. The molecule has 1 aromatic rings. The predicted octanol–water partition coefficient (Wildman–Crippen LogP) is 1.15. The molecule has 0 fully saturated rings. The van der Waals surface area contributed by atoms with E-state index in [-0.39, 0.29) is 6.73 Å². The smallest absolute Gasteiger partial charge is 0.322 e. The van der Waals surface area contributed by atoms with Crippen molar-refractivity contribution >= 4 is 11.9 Å². The van der Waals surface area contributed by atoms with E-state index in [1.165, 1.54) is 17.3 Å². The van der Waals surface area contributed by atoms with E-state index in [2.05, 4.69) is 10.1 Å². The van der Waals surface area contributed by atoms with Gasteiger partial charge in [-0.15, -0.1) is 0 Å². The highest BCUT2D eigenvalue weighted by atomic mass is 16.6. The Balaban J connectivity index is 2.49. The lowest BCUT2D eigenvalue weighted by atomic mass is 10.0. The minimum atomic E-state index is -0.861. The molecule has 1 unspecified atom stereocenters. The van der Waals surface area contributed by atoms with Crippen LogP contribution in [0.4, 0.5) is 0 Å². The minimum absolute atomic E-state index is 0.0555. The monoisotopic (exact) mass is 269 g/mol. The Kier molecular flexibility index (Phi) is 6.56. The highest BCUT2D eigenvalue weighted by Crippen LogP contribution is 2.11. The number of carbonyl (C=O) groups excluding carboxylic acids is 2. The molecule has 1 heterocycles. The average molecular weight is 269 g/mol. The maximum atomic E-state index is 11.8. The Morgan fingerprint density at radius 2 is 1.95 bits per heavy atom. The zero-order valence-corrected chi connectivity index (χ0v) is 11.2. The Bertz CT molecular complexity index is 392. The van der Waals surface area contributed by atoms with Crippen LogP contribution < -0.4 is 0 Å². The highest BCUT2D eigenvalue weighted by Gasteiger charge is 2.28. The van der Waals surface area contributed by atoms with Crippen molar-refractivity contribution < 1.29 is 19.1 Å². The minimum Gasteiger partial charge on any atom is -0.465 e. The van der Waals surface area contributed by atoms with E-state index in [0.29, 0.717) is 19.4 Å². The number of esters is 2. The summed E-state index contributed by atoms with van der Waals surface area (Å²) in [6.07, 6.45) is 4.60. The first-order valence-corrected chi connectivity index (χ1v) is 6.34. The second-order valence-corrected chi connectivity index (χ2v) is 4.04. The number of rotatable bonds is 8. The van der Waals surface area contributed by atoms with E-state index in [4.69, 9.17) is 9.47 Å². The number of hydrogen-bond acceptors (Lipinski definition) is 6. The maximum Gasteiger partial charge on any atom is 0.322 e. The summed E-state index contributed by atoms with van der Waals surface area (Å²) in [4.78, 5) is 27.3. The van der Waals surface area contributed by atoms with Crippen LogP contribution in [0.1, 0.15) is 33.1 Å². The van der Waals surface area contributed by atoms with E-state index in [9.17, 15) is 9.59 Å². The molecule has 0 saturated heterocycles. The molecule has 19 heavy (non-hydrogen) atoms. The molecule has 0 aliphatic carbocycles. The number of ether oxygens (including phenoxy) is 2. The second kappa shape index (κ2) is 8.23. The Labute approximate surface area is 111 Å². The molecule has 0 radical (unpaired) electrons. The molecule has 1 aromatic heterocycles. The molecule has 0 aliphatic rings. The van der Waals surface area contributed by atoms with Crippen LogP contribution in [0.25, 0.3) is 0 Å². The molecule has 0 N–H and O–H groups in total. The van der Waals surface area contributed by atoms with Gasteiger partial charge in [0, 0.05) is 0 Å². The van der Waals surface area contributed by atoms with Gasteiger partial charge in [-0.1, -0.05) is 20.3 Å². The Morgan fingerprint density at radius 1 is 1.21 bits per heavy atom. The number of aromatic nitrogens is 3. The van der Waals surface area contributed by atoms with Crippen molar-refractivity contribution in [3.05, 3.63) is 12.7 Å². The van der Waals surface area contributed by atoms with E-state index in [0.717, 1.165) is 6.42 Å². The second-order valence-electron chi connectivity index (χ2n) is 4.04. The fourth-order valence-corrected chi connectivity index (χ4v) is 1.45. The van der Waals surface area contributed by atoms with Crippen molar-refractivity contribution in [2.24, 2.45) is 5.92 Å². The molecule has 0 saturated carbocycles. The average Bonchev–Trinajstić information content (AvgIpc) is 2.92. The van der Waals surface area contributed by atoms with Gasteiger partial charge in [-0.05, 0) is 12.8 Å². The van der Waals surface area contributed by atoms with Gasteiger partial charge >= 0.3 is 11.9 Å². The molecule has 0 spiro atoms. The van der Waals surface area contributed by atoms with Gasteiger partial charge in [0.1, 0.15) is 12.7 Å². The molecular weight excluding hydrogens is 250 g/mol. The third-order valence-electron chi connectivity index (χ3n) is 2.40. The van der Waals surface area contributed by atoms with E-state index >= 15 is 0 Å². The summed E-state index contributed by atoms with van der Waals surface area (Å²) in [5.41, 5.74) is 0. The first-order chi connectivity index (χ1) is 9.19. The van der Waals surface area contributed by atoms with Crippen molar-refractivity contribution in [2.45, 2.75) is 39.8 Å². The Morgan fingerprint density at radius 3 is 2.53 bits per heavy atom. The summed E-state index contributed by atoms with van der Waals surface area (Å²) in [5, 5.41) is 3.80. The van der Waals surface area contributed by atoms with E-state index in [1.54, 1.807) is 0 Å². The van der Waals surface area contributed by atoms with Crippen LogP contribution in [-0.4, -0.2) is 33.3 Å². The summed E-state index contributed by atoms with van der Waals surface area (Å²) < 4.78 is 11.4. The van der Waals surface area contributed by atoms with Crippen LogP contribution >= 0.6 is 0 Å². The van der Waals surface area contributed by atoms with Crippen molar-refractivity contribution in [3.8, 4) is 0 Å². The van der Waals surface area contributed by atoms with E-state index in [1.807, 2.05) is 13.8 Å². The fraction of sp³-hybridized carbons (Fsp3) is 0.667. The molecule has 0 aromatic carbocycles. The summed E-state index contributed by atoms with van der Waals surface area (Å²) >= 11 is 0. The first kappa shape index (κ1) is 15.1. The van der Waals surface area contributed by atoms with Gasteiger partial charge in [0.15, 0.2) is 12.6 Å². The lowest BCUT2D eigenvalue weighted by Crippen LogP contribution is -2.28. The first-order valence-electron chi connectivity index (χ1n) is 6.34. The van der Waals surface area contributed by atoms with Gasteiger partial charge in [-0.2, -0.15) is 5.10 Å². The number of carbonyl (C=O) groups is 2. The van der Waals surface area contributed by atoms with Crippen molar-refractivity contribution in [1.29, 1.82) is 0 Å². The van der Waals surface area contributed by atoms with Gasteiger partial charge < -0.3 is 9.47 Å². The molecule has 7 nitrogen and oxygen atoms in total. The molecule has 106 valence electrons. The van der Waals surface area contributed by atoms with E-state index < -0.39 is 17.9 Å². The van der Waals surface area contributed by atoms with Gasteiger partial charge in [-0.25, -0.2) is 9.67 Å². The summed E-state index contributed by atoms with van der Waals surface area (Å²) in [6.45, 7) is 4.05. The van der Waals surface area contributed by atoms with Gasteiger partial charge in [0.25, 0.3) is 0 Å². The number of hydrogen-bond donors (Lipinski definition) is 0. The predicted molar refractivity (Wildman–Crippen MR) is 65.8 cm³/mol. The van der Waals surface area contributed by atoms with Gasteiger partial charge in [0.05, 0.1) is 6.61 Å². The molecule has 0 bridgehead atoms. The SMILES string of the molecule is CCCOC(=O)C(CCC)C(=O)OCn1cncn1. The molecule has 0 aliphatic heterocycles. The quantitative estimate of drug-likeness (QED) is 0.520. The standard InChI is InChI=1S/C12H19N3O4/c1-3-5-10(11(16)18-6-4-2)12(17)19-9-15-8-13-7-14-15/h7-8,10H,3-6,9H2,1-2H3. The summed E-state index contributed by atoms with van der Waals surface area (Å²) in [7, 11) is 0. The summed E-state index contributed by atoms with van der Waals surface area (Å²) in [5.74, 6) is -1.97. The largest absolute Gasteiger partial charge is 0.465 e. The molecule has 0 amide bonds. The topological polar surface area (TPSA) is 83.3 Å². The molecule has 7 heteroatoms. The van der Waals surface area contributed by atoms with Crippen LogP contribution in [-0.2, 0) is 25.8 Å². The van der Waals surface area contributed by atoms with Crippen LogP contribution in [0, 0.1) is 5.92 Å². The zero-order chi connectivity index (χ0) is 14.1. The normalized spacial score (nSPS) is 11.9. The van der Waals surface area contributed by atoms with Crippen LogP contribution in [0.3, 0.4) is 0 Å². The molecule has 1 rings (SSSR count). The Hall–Kier alpha value is -1.92. The van der Waals surface area contributed by atoms with Crippen molar-refractivity contribution in [1.82, 2.24) is 14.8 Å². The van der Waals surface area contributed by atoms with Crippen molar-refractivity contribution in [2.75, 3.05) is 6.61 Å². The summed E-state index contributed by atoms with van der Waals surface area (Å²) in [6, 6.07) is 0.